The van der Waals surface area contributed by atoms with Gasteiger partial charge in [-0.25, -0.2) is 13.1 Å². The van der Waals surface area contributed by atoms with Gasteiger partial charge < -0.3 is 10.2 Å². The van der Waals surface area contributed by atoms with Crippen molar-refractivity contribution in [2.75, 3.05) is 6.54 Å². The summed E-state index contributed by atoms with van der Waals surface area (Å²) in [5.41, 5.74) is 5.74. The summed E-state index contributed by atoms with van der Waals surface area (Å²) in [5, 5.41) is 0. The first-order valence-corrected chi connectivity index (χ1v) is 8.79. The Hall–Kier alpha value is -0.370. The zero-order valence-electron chi connectivity index (χ0n) is 12.2. The average Bonchev–Trinajstić information content (AvgIpc) is 2.64. The van der Waals surface area contributed by atoms with E-state index < -0.39 is 10.0 Å². The highest BCUT2D eigenvalue weighted by Gasteiger charge is 2.64. The van der Waals surface area contributed by atoms with Crippen LogP contribution in [-0.4, -0.2) is 15.0 Å². The van der Waals surface area contributed by atoms with Crippen molar-refractivity contribution < 1.29 is 12.8 Å². The summed E-state index contributed by atoms with van der Waals surface area (Å²) >= 11 is 3.12. The summed E-state index contributed by atoms with van der Waals surface area (Å²) in [4.78, 5) is 0.106. The normalized spacial score (nSPS) is 21.1. The number of hydrogen-bond donors (Lipinski definition) is 2. The monoisotopic (exact) mass is 364 g/mol. The van der Waals surface area contributed by atoms with Crippen LogP contribution in [0.3, 0.4) is 0 Å². The predicted molar refractivity (Wildman–Crippen MR) is 80.5 cm³/mol. The van der Waals surface area contributed by atoms with Crippen molar-refractivity contribution in [3.05, 3.63) is 16.5 Å². The van der Waals surface area contributed by atoms with E-state index in [1.54, 1.807) is 0 Å². The van der Waals surface area contributed by atoms with Crippen LogP contribution < -0.4 is 10.5 Å². The van der Waals surface area contributed by atoms with Gasteiger partial charge in [-0.05, 0) is 32.7 Å². The van der Waals surface area contributed by atoms with E-state index in [4.69, 9.17) is 10.2 Å². The van der Waals surface area contributed by atoms with E-state index >= 15 is 0 Å². The number of rotatable bonds is 5. The molecule has 3 N–H and O–H groups in total. The largest absolute Gasteiger partial charge is 0.452 e. The fourth-order valence-electron chi connectivity index (χ4n) is 2.80. The molecule has 7 heteroatoms. The zero-order chi connectivity index (χ0) is 15.3. The molecule has 0 radical (unpaired) electrons. The highest BCUT2D eigenvalue weighted by Crippen LogP contribution is 2.68. The quantitative estimate of drug-likeness (QED) is 0.839. The first-order chi connectivity index (χ1) is 9.04. The fourth-order valence-corrected chi connectivity index (χ4v) is 4.84. The summed E-state index contributed by atoms with van der Waals surface area (Å²) < 4.78 is 32.7. The van der Waals surface area contributed by atoms with E-state index in [2.05, 4.69) is 48.3 Å². The third-order valence-corrected chi connectivity index (χ3v) is 7.27. The molecule has 1 saturated carbocycles. The number of nitrogens with two attached hydrogens (primary N) is 1. The van der Waals surface area contributed by atoms with Crippen molar-refractivity contribution in [3.8, 4) is 0 Å². The van der Waals surface area contributed by atoms with Crippen molar-refractivity contribution >= 4 is 26.0 Å². The molecule has 1 aliphatic rings. The smallest absolute Gasteiger partial charge is 0.244 e. The molecule has 1 aromatic heterocycles. The summed E-state index contributed by atoms with van der Waals surface area (Å²) in [6.07, 6.45) is 0. The van der Waals surface area contributed by atoms with E-state index in [0.717, 1.165) is 0 Å². The first kappa shape index (κ1) is 16.0. The van der Waals surface area contributed by atoms with Crippen molar-refractivity contribution in [1.29, 1.82) is 0 Å². The van der Waals surface area contributed by atoms with Crippen LogP contribution in [0.25, 0.3) is 0 Å². The van der Waals surface area contributed by atoms with Gasteiger partial charge in [0.15, 0.2) is 4.67 Å². The van der Waals surface area contributed by atoms with Crippen LogP contribution in [0.2, 0.25) is 0 Å². The Kier molecular flexibility index (Phi) is 3.86. The minimum atomic E-state index is -3.58. The summed E-state index contributed by atoms with van der Waals surface area (Å²) in [6.45, 7) is 9.23. The molecule has 1 heterocycles. The van der Waals surface area contributed by atoms with Crippen LogP contribution in [0, 0.1) is 16.7 Å². The van der Waals surface area contributed by atoms with Gasteiger partial charge in [0.1, 0.15) is 10.7 Å². The lowest BCUT2D eigenvalue weighted by Gasteiger charge is -2.06. The topological polar surface area (TPSA) is 85.3 Å². The van der Waals surface area contributed by atoms with Gasteiger partial charge in [0.25, 0.3) is 0 Å². The maximum atomic E-state index is 12.3. The van der Waals surface area contributed by atoms with E-state index in [1.807, 2.05) is 0 Å². The molecule has 0 saturated heterocycles. The van der Waals surface area contributed by atoms with Crippen LogP contribution in [0.1, 0.15) is 33.5 Å². The Balaban J connectivity index is 2.11. The standard InChI is InChI=1S/C13H21BrN2O3S/c1-12(2)10(13(12,3)4)7-16-20(17,18)9-5-8(6-15)19-11(9)14/h5,10,16H,6-7,15H2,1-4H3. The van der Waals surface area contributed by atoms with Crippen LogP contribution in [0.15, 0.2) is 20.0 Å². The van der Waals surface area contributed by atoms with Gasteiger partial charge in [-0.3, -0.25) is 0 Å². The lowest BCUT2D eigenvalue weighted by atomic mass is 10.0. The Morgan fingerprint density at radius 3 is 2.30 bits per heavy atom. The highest BCUT2D eigenvalue weighted by atomic mass is 79.9. The van der Waals surface area contributed by atoms with Crippen LogP contribution >= 0.6 is 15.9 Å². The lowest BCUT2D eigenvalue weighted by Crippen LogP contribution is -2.27. The number of halogens is 1. The zero-order valence-corrected chi connectivity index (χ0v) is 14.6. The third-order valence-electron chi connectivity index (χ3n) is 4.99. The maximum absolute atomic E-state index is 12.3. The molecule has 1 aliphatic carbocycles. The Bertz CT molecular complexity index is 606. The first-order valence-electron chi connectivity index (χ1n) is 6.52. The fraction of sp³-hybridized carbons (Fsp3) is 0.692. The molecule has 1 fully saturated rings. The minimum absolute atomic E-state index is 0.106. The van der Waals surface area contributed by atoms with E-state index in [-0.39, 0.29) is 26.9 Å². The van der Waals surface area contributed by atoms with Gasteiger partial charge >= 0.3 is 0 Å². The molecular weight excluding hydrogens is 344 g/mol. The molecule has 0 unspecified atom stereocenters. The van der Waals surface area contributed by atoms with Crippen molar-refractivity contribution in [3.63, 3.8) is 0 Å². The second kappa shape index (κ2) is 4.83. The number of nitrogens with one attached hydrogen (secondary N) is 1. The van der Waals surface area contributed by atoms with E-state index in [1.165, 1.54) is 6.07 Å². The molecule has 0 bridgehead atoms. The van der Waals surface area contributed by atoms with Crippen LogP contribution in [0.4, 0.5) is 0 Å². The van der Waals surface area contributed by atoms with Gasteiger partial charge in [0.2, 0.25) is 10.0 Å². The second-order valence-electron chi connectivity index (χ2n) is 6.40. The Morgan fingerprint density at radius 2 is 1.90 bits per heavy atom. The van der Waals surface area contributed by atoms with Gasteiger partial charge in [0.05, 0.1) is 6.54 Å². The van der Waals surface area contributed by atoms with Crippen molar-refractivity contribution in [1.82, 2.24) is 4.72 Å². The molecule has 0 aliphatic heterocycles. The summed E-state index contributed by atoms with van der Waals surface area (Å²) in [5.74, 6) is 0.758. The van der Waals surface area contributed by atoms with Gasteiger partial charge in [-0.15, -0.1) is 0 Å². The van der Waals surface area contributed by atoms with Gasteiger partial charge in [-0.2, -0.15) is 0 Å². The van der Waals surface area contributed by atoms with E-state index in [9.17, 15) is 8.42 Å². The second-order valence-corrected chi connectivity index (χ2v) is 8.86. The molecule has 1 aromatic rings. The van der Waals surface area contributed by atoms with Crippen LogP contribution in [0.5, 0.6) is 0 Å². The molecule has 114 valence electrons. The summed E-state index contributed by atoms with van der Waals surface area (Å²) in [7, 11) is -3.58. The highest BCUT2D eigenvalue weighted by molar-refractivity contribution is 9.10. The van der Waals surface area contributed by atoms with Gasteiger partial charge in [0, 0.05) is 12.6 Å². The molecule has 0 atom stereocenters. The average molecular weight is 365 g/mol. The SMILES string of the molecule is CC1(C)C(CNS(=O)(=O)c2cc(CN)oc2Br)C1(C)C. The van der Waals surface area contributed by atoms with Crippen molar-refractivity contribution in [2.45, 2.75) is 39.1 Å². The molecular formula is C13H21BrN2O3S. The van der Waals surface area contributed by atoms with Gasteiger partial charge in [-0.1, -0.05) is 27.7 Å². The maximum Gasteiger partial charge on any atom is 0.244 e. The molecule has 2 rings (SSSR count). The van der Waals surface area contributed by atoms with Crippen LogP contribution in [-0.2, 0) is 16.6 Å². The molecule has 0 amide bonds. The summed E-state index contributed by atoms with van der Waals surface area (Å²) in [6, 6.07) is 1.45. The lowest BCUT2D eigenvalue weighted by molar-refractivity contribution is 0.457. The Morgan fingerprint density at radius 1 is 1.35 bits per heavy atom. The van der Waals surface area contributed by atoms with E-state index in [0.29, 0.717) is 18.2 Å². The van der Waals surface area contributed by atoms with Crippen molar-refractivity contribution in [2.24, 2.45) is 22.5 Å². The minimum Gasteiger partial charge on any atom is -0.452 e. The Labute approximate surface area is 128 Å². The molecule has 0 aromatic carbocycles. The third kappa shape index (κ3) is 2.45. The molecule has 0 spiro atoms. The molecule has 20 heavy (non-hydrogen) atoms. The molecule has 5 nitrogen and oxygen atoms in total. The number of hydrogen-bond acceptors (Lipinski definition) is 4. The number of furan rings is 1. The predicted octanol–water partition coefficient (Wildman–Crippen LogP) is 2.46. The number of sulfonamides is 1.